The number of aryl methyl sites for hydroxylation is 2. The number of esters is 1. The van der Waals surface area contributed by atoms with Crippen LogP contribution in [0.4, 0.5) is 11.4 Å². The first-order chi connectivity index (χ1) is 12.8. The highest BCUT2D eigenvalue weighted by molar-refractivity contribution is 5.91. The van der Waals surface area contributed by atoms with Crippen molar-refractivity contribution in [3.05, 3.63) is 68.8 Å². The van der Waals surface area contributed by atoms with Gasteiger partial charge in [-0.2, -0.15) is 0 Å². The van der Waals surface area contributed by atoms with E-state index in [0.29, 0.717) is 16.8 Å². The Balaban J connectivity index is 0.000000283. The van der Waals surface area contributed by atoms with Gasteiger partial charge in [0.25, 0.3) is 5.69 Å². The van der Waals surface area contributed by atoms with Gasteiger partial charge in [0.15, 0.2) is 0 Å². The number of carbonyl (C=O) groups is 2. The van der Waals surface area contributed by atoms with Crippen LogP contribution in [0.2, 0.25) is 0 Å². The highest BCUT2D eigenvalue weighted by Gasteiger charge is 2.19. The molecule has 0 unspecified atom stereocenters. The summed E-state index contributed by atoms with van der Waals surface area (Å²) in [5, 5.41) is 18.9. The van der Waals surface area contributed by atoms with Crippen molar-refractivity contribution < 1.29 is 24.4 Å². The number of hydrogen-bond acceptors (Lipinski definition) is 6. The van der Waals surface area contributed by atoms with Crippen molar-refractivity contribution >= 4 is 23.3 Å². The zero-order valence-corrected chi connectivity index (χ0v) is 16.5. The monoisotopic (exact) mass is 388 g/mol. The Bertz CT molecular complexity index is 900. The second kappa shape index (κ2) is 8.98. The molecule has 3 N–H and O–H groups in total. The summed E-state index contributed by atoms with van der Waals surface area (Å²) in [6.45, 7) is 8.90. The molecule has 0 aliphatic heterocycles. The zero-order chi connectivity index (χ0) is 21.6. The maximum absolute atomic E-state index is 11.7. The van der Waals surface area contributed by atoms with Gasteiger partial charge in [-0.15, -0.1) is 0 Å². The van der Waals surface area contributed by atoms with Crippen molar-refractivity contribution in [1.82, 2.24) is 0 Å². The topological polar surface area (TPSA) is 133 Å². The summed E-state index contributed by atoms with van der Waals surface area (Å²) in [5.74, 6) is -1.38. The van der Waals surface area contributed by atoms with Crippen LogP contribution in [-0.2, 0) is 4.74 Å². The lowest BCUT2D eigenvalue weighted by Crippen LogP contribution is -2.24. The Morgan fingerprint density at radius 1 is 1.04 bits per heavy atom. The van der Waals surface area contributed by atoms with Crippen LogP contribution in [-0.4, -0.2) is 27.6 Å². The normalized spacial score (nSPS) is 10.5. The molecule has 8 nitrogen and oxygen atoms in total. The van der Waals surface area contributed by atoms with E-state index in [1.54, 1.807) is 18.2 Å². The minimum Gasteiger partial charge on any atom is -0.478 e. The molecule has 0 atom stereocenters. The van der Waals surface area contributed by atoms with E-state index in [9.17, 15) is 19.7 Å². The first kappa shape index (κ1) is 22.6. The molecule has 0 spiro atoms. The fraction of sp³-hybridized carbons (Fsp3) is 0.300. The highest BCUT2D eigenvalue weighted by atomic mass is 16.6. The van der Waals surface area contributed by atoms with E-state index in [-0.39, 0.29) is 17.2 Å². The van der Waals surface area contributed by atoms with Crippen LogP contribution < -0.4 is 5.73 Å². The minimum absolute atomic E-state index is 0.0885. The average molecular weight is 388 g/mol. The Morgan fingerprint density at radius 3 is 2.00 bits per heavy atom. The predicted octanol–water partition coefficient (Wildman–Crippen LogP) is 4.13. The third-order valence-corrected chi connectivity index (χ3v) is 3.52. The SMILES string of the molecule is Cc1cc(N)ccc1C(=O)OC(C)(C)C.Cc1cc([N+](=O)[O-])ccc1C(=O)O. The van der Waals surface area contributed by atoms with Gasteiger partial charge in [0.2, 0.25) is 0 Å². The summed E-state index contributed by atoms with van der Waals surface area (Å²) in [5.41, 5.74) is 7.58. The lowest BCUT2D eigenvalue weighted by atomic mass is 10.1. The van der Waals surface area contributed by atoms with Gasteiger partial charge in [0, 0.05) is 17.8 Å². The molecule has 0 aliphatic carbocycles. The van der Waals surface area contributed by atoms with Crippen molar-refractivity contribution in [2.45, 2.75) is 40.2 Å². The number of aromatic carboxylic acids is 1. The standard InChI is InChI=1S/C12H17NO2.C8H7NO4/c1-8-7-9(13)5-6-10(8)11(14)15-12(2,3)4;1-5-4-6(9(12)13)2-3-7(5)8(10)11/h5-7H,13H2,1-4H3;2-4H,1H3,(H,10,11). The maximum atomic E-state index is 11.7. The number of anilines is 1. The van der Waals surface area contributed by atoms with Crippen molar-refractivity contribution in [3.8, 4) is 0 Å². The molecule has 0 aromatic heterocycles. The lowest BCUT2D eigenvalue weighted by molar-refractivity contribution is -0.384. The highest BCUT2D eigenvalue weighted by Crippen LogP contribution is 2.18. The summed E-state index contributed by atoms with van der Waals surface area (Å²) in [7, 11) is 0. The number of carboxylic acid groups (broad SMARTS) is 1. The summed E-state index contributed by atoms with van der Waals surface area (Å²) < 4.78 is 5.26. The lowest BCUT2D eigenvalue weighted by Gasteiger charge is -2.20. The number of nitro groups is 1. The third-order valence-electron chi connectivity index (χ3n) is 3.52. The van der Waals surface area contributed by atoms with E-state index in [0.717, 1.165) is 5.56 Å². The maximum Gasteiger partial charge on any atom is 0.338 e. The third kappa shape index (κ3) is 6.71. The minimum atomic E-state index is -1.08. The van der Waals surface area contributed by atoms with E-state index in [1.165, 1.54) is 25.1 Å². The van der Waals surface area contributed by atoms with Crippen LogP contribution >= 0.6 is 0 Å². The first-order valence-electron chi connectivity index (χ1n) is 8.39. The number of benzene rings is 2. The molecule has 2 aromatic carbocycles. The largest absolute Gasteiger partial charge is 0.478 e. The number of hydrogen-bond donors (Lipinski definition) is 2. The molecule has 0 aliphatic rings. The molecular formula is C20H24N2O6. The van der Waals surface area contributed by atoms with Crippen LogP contribution in [0, 0.1) is 24.0 Å². The molecule has 2 aromatic rings. The van der Waals surface area contributed by atoms with Gasteiger partial charge in [0.1, 0.15) is 5.60 Å². The molecule has 0 saturated carbocycles. The molecular weight excluding hydrogens is 364 g/mol. The Kier molecular flexibility index (Phi) is 7.26. The Morgan fingerprint density at radius 2 is 1.57 bits per heavy atom. The van der Waals surface area contributed by atoms with Gasteiger partial charge in [-0.05, 0) is 70.0 Å². The van der Waals surface area contributed by atoms with Gasteiger partial charge >= 0.3 is 11.9 Å². The number of ether oxygens (including phenoxy) is 1. The number of carbonyl (C=O) groups excluding carboxylic acids is 1. The first-order valence-corrected chi connectivity index (χ1v) is 8.39. The fourth-order valence-corrected chi connectivity index (χ4v) is 2.25. The van der Waals surface area contributed by atoms with Crippen LogP contribution in [0.25, 0.3) is 0 Å². The second-order valence-electron chi connectivity index (χ2n) is 7.14. The molecule has 0 saturated heterocycles. The summed E-state index contributed by atoms with van der Waals surface area (Å²) in [4.78, 5) is 32.0. The zero-order valence-electron chi connectivity index (χ0n) is 16.5. The smallest absolute Gasteiger partial charge is 0.338 e. The molecule has 0 bridgehead atoms. The number of nitro benzene ring substituents is 1. The Hall–Kier alpha value is -3.42. The molecule has 2 rings (SSSR count). The summed E-state index contributed by atoms with van der Waals surface area (Å²) in [6.07, 6.45) is 0. The van der Waals surface area contributed by atoms with E-state index < -0.39 is 16.5 Å². The number of nitrogens with two attached hydrogens (primary N) is 1. The van der Waals surface area contributed by atoms with E-state index in [1.807, 2.05) is 27.7 Å². The van der Waals surface area contributed by atoms with Gasteiger partial charge in [0.05, 0.1) is 16.1 Å². The quantitative estimate of drug-likeness (QED) is 0.349. The van der Waals surface area contributed by atoms with Crippen LogP contribution in [0.3, 0.4) is 0 Å². The van der Waals surface area contributed by atoms with E-state index in [4.69, 9.17) is 15.6 Å². The van der Waals surface area contributed by atoms with E-state index in [2.05, 4.69) is 0 Å². The Labute approximate surface area is 163 Å². The predicted molar refractivity (Wildman–Crippen MR) is 106 cm³/mol. The number of rotatable bonds is 3. The summed E-state index contributed by atoms with van der Waals surface area (Å²) >= 11 is 0. The fourth-order valence-electron chi connectivity index (χ4n) is 2.25. The molecule has 28 heavy (non-hydrogen) atoms. The van der Waals surface area contributed by atoms with Gasteiger partial charge in [-0.1, -0.05) is 0 Å². The molecule has 0 heterocycles. The summed E-state index contributed by atoms with van der Waals surface area (Å²) in [6, 6.07) is 8.81. The average Bonchev–Trinajstić information content (AvgIpc) is 2.53. The molecule has 0 radical (unpaired) electrons. The van der Waals surface area contributed by atoms with Crippen LogP contribution in [0.1, 0.15) is 52.6 Å². The van der Waals surface area contributed by atoms with Crippen molar-refractivity contribution in [2.24, 2.45) is 0 Å². The van der Waals surface area contributed by atoms with Crippen LogP contribution in [0.15, 0.2) is 36.4 Å². The van der Waals surface area contributed by atoms with Gasteiger partial charge in [-0.25, -0.2) is 9.59 Å². The molecule has 0 amide bonds. The molecule has 8 heteroatoms. The van der Waals surface area contributed by atoms with Crippen molar-refractivity contribution in [2.75, 3.05) is 5.73 Å². The number of nitrogens with zero attached hydrogens (tertiary/aromatic N) is 1. The van der Waals surface area contributed by atoms with E-state index >= 15 is 0 Å². The number of carboxylic acids is 1. The van der Waals surface area contributed by atoms with Crippen molar-refractivity contribution in [1.29, 1.82) is 0 Å². The number of non-ortho nitro benzene ring substituents is 1. The van der Waals surface area contributed by atoms with Gasteiger partial charge in [-0.3, -0.25) is 10.1 Å². The molecule has 0 fully saturated rings. The van der Waals surface area contributed by atoms with Crippen LogP contribution in [0.5, 0.6) is 0 Å². The van der Waals surface area contributed by atoms with Gasteiger partial charge < -0.3 is 15.6 Å². The van der Waals surface area contributed by atoms with Crippen molar-refractivity contribution in [3.63, 3.8) is 0 Å². The molecule has 150 valence electrons. The second-order valence-corrected chi connectivity index (χ2v) is 7.14. The number of nitrogen functional groups attached to an aromatic ring is 1.